The predicted molar refractivity (Wildman–Crippen MR) is 62.9 cm³/mol. The summed E-state index contributed by atoms with van der Waals surface area (Å²) in [6, 6.07) is 0. The maximum absolute atomic E-state index is 10.6. The first-order valence-electron chi connectivity index (χ1n) is 5.88. The molecule has 0 fully saturated rings. The molecule has 0 saturated carbocycles. The summed E-state index contributed by atoms with van der Waals surface area (Å²) in [6.45, 7) is 0. The van der Waals surface area contributed by atoms with Crippen LogP contribution < -0.4 is 0 Å². The molecule has 2 unspecified atom stereocenters. The number of hydrogen-bond acceptors (Lipinski definition) is 1. The molecule has 0 N–H and O–H groups in total. The van der Waals surface area contributed by atoms with E-state index in [1.807, 2.05) is 0 Å². The molecule has 2 aliphatic carbocycles. The van der Waals surface area contributed by atoms with E-state index in [2.05, 4.69) is 18.2 Å². The van der Waals surface area contributed by atoms with Crippen LogP contribution in [0, 0.1) is 17.0 Å². The lowest BCUT2D eigenvalue weighted by Gasteiger charge is -2.08. The number of hydrogen-bond donors (Lipinski definition) is 0. The molecule has 0 aromatic rings. The number of nitrogens with zero attached hydrogens (tertiary/aromatic N) is 1. The van der Waals surface area contributed by atoms with Crippen molar-refractivity contribution in [3.63, 3.8) is 0 Å². The topological polar surface area (TPSA) is 26.1 Å². The van der Waals surface area contributed by atoms with Gasteiger partial charge in [0.2, 0.25) is 0 Å². The molecule has 0 spiro atoms. The zero-order valence-corrected chi connectivity index (χ0v) is 9.36. The Morgan fingerprint density at radius 2 is 2.33 bits per heavy atom. The first kappa shape index (κ1) is 10.5. The average Bonchev–Trinajstić information content (AvgIpc) is 2.78. The van der Waals surface area contributed by atoms with Crippen molar-refractivity contribution in [2.75, 3.05) is 7.05 Å². The fourth-order valence-corrected chi connectivity index (χ4v) is 2.54. The maximum atomic E-state index is 10.6. The standard InChI is InChI=1S/C13H19NO/c1-14(15)8-4-2-3-5-12-9-11-6-7-13(12)10-11/h6-9,11,13H,2-5,10H2,1H3/b14-8-. The van der Waals surface area contributed by atoms with Gasteiger partial charge in [0.25, 0.3) is 0 Å². The Bertz CT molecular complexity index is 310. The molecule has 0 amide bonds. The monoisotopic (exact) mass is 205 g/mol. The molecule has 82 valence electrons. The van der Waals surface area contributed by atoms with Crippen LogP contribution in [-0.4, -0.2) is 18.0 Å². The van der Waals surface area contributed by atoms with Crippen molar-refractivity contribution in [3.8, 4) is 0 Å². The highest BCUT2D eigenvalue weighted by Gasteiger charge is 2.26. The minimum atomic E-state index is 0.740. The molecule has 2 nitrogen and oxygen atoms in total. The van der Waals surface area contributed by atoms with Gasteiger partial charge in [-0.15, -0.1) is 0 Å². The molecule has 2 aliphatic rings. The molecule has 2 atom stereocenters. The number of hydroxylamine groups is 1. The Hall–Kier alpha value is -1.05. The van der Waals surface area contributed by atoms with Gasteiger partial charge in [0.1, 0.15) is 7.05 Å². The summed E-state index contributed by atoms with van der Waals surface area (Å²) in [5.74, 6) is 1.49. The van der Waals surface area contributed by atoms with Crippen LogP contribution in [0.3, 0.4) is 0 Å². The molecule has 2 bridgehead atoms. The van der Waals surface area contributed by atoms with Crippen LogP contribution in [0.15, 0.2) is 23.8 Å². The average molecular weight is 205 g/mol. The van der Waals surface area contributed by atoms with E-state index in [-0.39, 0.29) is 0 Å². The molecule has 0 aromatic carbocycles. The summed E-state index contributed by atoms with van der Waals surface area (Å²) in [7, 11) is 1.54. The maximum Gasteiger partial charge on any atom is 0.150 e. The highest BCUT2D eigenvalue weighted by Crippen LogP contribution is 2.40. The Kier molecular flexibility index (Phi) is 3.24. The summed E-state index contributed by atoms with van der Waals surface area (Å²) in [6.07, 6.45) is 14.7. The highest BCUT2D eigenvalue weighted by molar-refractivity contribution is 5.50. The second-order valence-electron chi connectivity index (χ2n) is 4.61. The smallest absolute Gasteiger partial charge is 0.150 e. The van der Waals surface area contributed by atoms with Crippen molar-refractivity contribution in [3.05, 3.63) is 29.0 Å². The number of unbranched alkanes of at least 4 members (excludes halogenated alkanes) is 2. The van der Waals surface area contributed by atoms with Crippen LogP contribution in [0.4, 0.5) is 0 Å². The summed E-state index contributed by atoms with van der Waals surface area (Å²) in [5, 5.41) is 10.6. The minimum absolute atomic E-state index is 0.740. The molecule has 2 rings (SSSR count). The number of allylic oxidation sites excluding steroid dienone is 4. The largest absolute Gasteiger partial charge is 0.624 e. The van der Waals surface area contributed by atoms with E-state index >= 15 is 0 Å². The van der Waals surface area contributed by atoms with E-state index in [4.69, 9.17) is 0 Å². The molecule has 15 heavy (non-hydrogen) atoms. The minimum Gasteiger partial charge on any atom is -0.624 e. The normalized spacial score (nSPS) is 28.6. The van der Waals surface area contributed by atoms with Crippen LogP contribution >= 0.6 is 0 Å². The van der Waals surface area contributed by atoms with Crippen molar-refractivity contribution in [2.45, 2.75) is 32.1 Å². The van der Waals surface area contributed by atoms with Gasteiger partial charge in [-0.3, -0.25) is 0 Å². The molecule has 0 aliphatic heterocycles. The summed E-state index contributed by atoms with van der Waals surface area (Å²) >= 11 is 0. The molecular formula is C13H19NO. The zero-order chi connectivity index (χ0) is 10.7. The second kappa shape index (κ2) is 4.65. The van der Waals surface area contributed by atoms with Crippen LogP contribution in [0.5, 0.6) is 0 Å². The van der Waals surface area contributed by atoms with Gasteiger partial charge in [-0.25, -0.2) is 4.74 Å². The third kappa shape index (κ3) is 2.71. The second-order valence-corrected chi connectivity index (χ2v) is 4.61. The molecule has 2 heteroatoms. The van der Waals surface area contributed by atoms with E-state index in [1.165, 1.54) is 19.3 Å². The molecular weight excluding hydrogens is 186 g/mol. The van der Waals surface area contributed by atoms with Crippen molar-refractivity contribution in [1.29, 1.82) is 0 Å². The van der Waals surface area contributed by atoms with Gasteiger partial charge < -0.3 is 5.21 Å². The lowest BCUT2D eigenvalue weighted by Crippen LogP contribution is -1.97. The number of fused-ring (bicyclic) bond motifs is 2. The van der Waals surface area contributed by atoms with Gasteiger partial charge in [-0.2, -0.15) is 0 Å². The van der Waals surface area contributed by atoms with Crippen LogP contribution in [0.1, 0.15) is 32.1 Å². The van der Waals surface area contributed by atoms with Crippen molar-refractivity contribution in [2.24, 2.45) is 11.8 Å². The summed E-state index contributed by atoms with van der Waals surface area (Å²) in [4.78, 5) is 0. The van der Waals surface area contributed by atoms with E-state index < -0.39 is 0 Å². The van der Waals surface area contributed by atoms with Crippen LogP contribution in [0.25, 0.3) is 0 Å². The Balaban J connectivity index is 1.63. The van der Waals surface area contributed by atoms with Gasteiger partial charge in [0.05, 0.1) is 0 Å². The van der Waals surface area contributed by atoms with Gasteiger partial charge >= 0.3 is 0 Å². The van der Waals surface area contributed by atoms with Crippen molar-refractivity contribution in [1.82, 2.24) is 0 Å². The van der Waals surface area contributed by atoms with Crippen LogP contribution in [-0.2, 0) is 0 Å². The van der Waals surface area contributed by atoms with E-state index in [9.17, 15) is 5.21 Å². The first-order valence-corrected chi connectivity index (χ1v) is 5.88. The van der Waals surface area contributed by atoms with E-state index in [1.54, 1.807) is 18.8 Å². The first-order chi connectivity index (χ1) is 7.25. The third-order valence-electron chi connectivity index (χ3n) is 3.33. The van der Waals surface area contributed by atoms with Crippen molar-refractivity contribution >= 4 is 6.21 Å². The predicted octanol–water partition coefficient (Wildman–Crippen LogP) is 2.89. The van der Waals surface area contributed by atoms with Gasteiger partial charge in [0.15, 0.2) is 6.21 Å². The molecule has 0 heterocycles. The Morgan fingerprint density at radius 1 is 1.47 bits per heavy atom. The van der Waals surface area contributed by atoms with E-state index in [0.717, 1.165) is 29.4 Å². The summed E-state index contributed by atoms with van der Waals surface area (Å²) < 4.78 is 0.902. The van der Waals surface area contributed by atoms with Crippen molar-refractivity contribution < 1.29 is 4.74 Å². The quantitative estimate of drug-likeness (QED) is 0.169. The Labute approximate surface area is 91.6 Å². The SMILES string of the molecule is C/[N+]([O-])=C/CCCCC1=CC2C=CC1C2. The fraction of sp³-hybridized carbons (Fsp3) is 0.615. The van der Waals surface area contributed by atoms with Gasteiger partial charge in [0, 0.05) is 6.42 Å². The van der Waals surface area contributed by atoms with Gasteiger partial charge in [-0.05, 0) is 37.5 Å². The number of rotatable bonds is 5. The molecule has 0 aromatic heterocycles. The highest BCUT2D eigenvalue weighted by atomic mass is 16.5. The lowest BCUT2D eigenvalue weighted by atomic mass is 9.97. The van der Waals surface area contributed by atoms with Gasteiger partial charge in [-0.1, -0.05) is 23.8 Å². The summed E-state index contributed by atoms with van der Waals surface area (Å²) in [5.41, 5.74) is 1.64. The third-order valence-corrected chi connectivity index (χ3v) is 3.33. The fourth-order valence-electron chi connectivity index (χ4n) is 2.54. The van der Waals surface area contributed by atoms with Crippen LogP contribution in [0.2, 0.25) is 0 Å². The zero-order valence-electron chi connectivity index (χ0n) is 9.36. The Morgan fingerprint density at radius 3 is 2.93 bits per heavy atom. The lowest BCUT2D eigenvalue weighted by molar-refractivity contribution is -0.418. The van der Waals surface area contributed by atoms with E-state index in [0.29, 0.717) is 0 Å². The molecule has 0 saturated heterocycles. The molecule has 0 radical (unpaired) electrons.